The predicted octanol–water partition coefficient (Wildman–Crippen LogP) is 2.92. The van der Waals surface area contributed by atoms with Gasteiger partial charge < -0.3 is 5.32 Å². The third-order valence-electron chi connectivity index (χ3n) is 2.77. The van der Waals surface area contributed by atoms with Crippen LogP contribution in [0.2, 0.25) is 5.15 Å². The summed E-state index contributed by atoms with van der Waals surface area (Å²) in [5.41, 5.74) is 0.463. The highest BCUT2D eigenvalue weighted by atomic mass is 35.5. The first-order valence-electron chi connectivity index (χ1n) is 5.84. The summed E-state index contributed by atoms with van der Waals surface area (Å²) < 4.78 is 0. The highest BCUT2D eigenvalue weighted by Gasteiger charge is 2.14. The van der Waals surface area contributed by atoms with Crippen LogP contribution < -0.4 is 5.32 Å². The smallest absolute Gasteiger partial charge is 0.253 e. The molecule has 19 heavy (non-hydrogen) atoms. The molecule has 1 aromatic heterocycles. The van der Waals surface area contributed by atoms with Crippen LogP contribution in [0.5, 0.6) is 0 Å². The summed E-state index contributed by atoms with van der Waals surface area (Å²) in [6.07, 6.45) is 1.73. The van der Waals surface area contributed by atoms with E-state index in [2.05, 4.69) is 10.3 Å². The number of nitrogens with zero attached hydrogens (tertiary/aromatic N) is 2. The standard InChI is InChI=1S/C14H12ClN3O/c1-9(6-7-16)18-14(19)12-8-17-13(15)11-5-3-2-4-10(11)12/h2-5,8-9H,6H2,1H3,(H,18,19). The molecule has 2 rings (SSSR count). The Morgan fingerprint density at radius 1 is 1.47 bits per heavy atom. The lowest BCUT2D eigenvalue weighted by atomic mass is 10.1. The molecule has 1 heterocycles. The summed E-state index contributed by atoms with van der Waals surface area (Å²) in [5.74, 6) is -0.247. The minimum Gasteiger partial charge on any atom is -0.348 e. The van der Waals surface area contributed by atoms with Gasteiger partial charge in [0.25, 0.3) is 5.91 Å². The van der Waals surface area contributed by atoms with Crippen molar-refractivity contribution >= 4 is 28.3 Å². The molecule has 1 N–H and O–H groups in total. The lowest BCUT2D eigenvalue weighted by Crippen LogP contribution is -2.32. The molecule has 0 aliphatic carbocycles. The first-order chi connectivity index (χ1) is 9.13. The van der Waals surface area contributed by atoms with Gasteiger partial charge in [-0.05, 0) is 12.3 Å². The van der Waals surface area contributed by atoms with Gasteiger partial charge in [-0.3, -0.25) is 4.79 Å². The summed E-state index contributed by atoms with van der Waals surface area (Å²) in [6, 6.07) is 9.15. The summed E-state index contributed by atoms with van der Waals surface area (Å²) in [7, 11) is 0. The van der Waals surface area contributed by atoms with E-state index in [1.54, 1.807) is 6.92 Å². The van der Waals surface area contributed by atoms with Crippen LogP contribution in [0.3, 0.4) is 0 Å². The van der Waals surface area contributed by atoms with Crippen LogP contribution >= 0.6 is 11.6 Å². The van der Waals surface area contributed by atoms with Crippen LogP contribution in [0.4, 0.5) is 0 Å². The van der Waals surface area contributed by atoms with E-state index in [1.807, 2.05) is 30.3 Å². The van der Waals surface area contributed by atoms with Crippen molar-refractivity contribution in [3.05, 3.63) is 41.2 Å². The number of carbonyl (C=O) groups excluding carboxylic acids is 1. The van der Waals surface area contributed by atoms with Crippen molar-refractivity contribution in [1.82, 2.24) is 10.3 Å². The van der Waals surface area contributed by atoms with E-state index in [-0.39, 0.29) is 18.4 Å². The molecule has 0 aliphatic heterocycles. The van der Waals surface area contributed by atoms with Gasteiger partial charge in [0.05, 0.1) is 18.1 Å². The molecule has 2 aromatic rings. The zero-order valence-electron chi connectivity index (χ0n) is 10.4. The Labute approximate surface area is 116 Å². The van der Waals surface area contributed by atoms with E-state index in [1.165, 1.54) is 6.20 Å². The lowest BCUT2D eigenvalue weighted by Gasteiger charge is -2.12. The van der Waals surface area contributed by atoms with Crippen molar-refractivity contribution in [2.75, 3.05) is 0 Å². The summed E-state index contributed by atoms with van der Waals surface area (Å²) in [4.78, 5) is 16.2. The number of amides is 1. The normalized spacial score (nSPS) is 11.8. The Bertz CT molecular complexity index is 663. The molecule has 96 valence electrons. The Kier molecular flexibility index (Phi) is 3.98. The maximum Gasteiger partial charge on any atom is 0.253 e. The summed E-state index contributed by atoms with van der Waals surface area (Å²) >= 11 is 6.00. The molecule has 0 spiro atoms. The fourth-order valence-electron chi connectivity index (χ4n) is 1.83. The number of pyridine rings is 1. The van der Waals surface area contributed by atoms with Gasteiger partial charge in [0.2, 0.25) is 0 Å². The minimum absolute atomic E-state index is 0.202. The monoisotopic (exact) mass is 273 g/mol. The zero-order chi connectivity index (χ0) is 13.8. The van der Waals surface area contributed by atoms with E-state index in [0.29, 0.717) is 10.7 Å². The van der Waals surface area contributed by atoms with Crippen molar-refractivity contribution in [2.24, 2.45) is 0 Å². The van der Waals surface area contributed by atoms with Crippen molar-refractivity contribution in [3.63, 3.8) is 0 Å². The molecular weight excluding hydrogens is 262 g/mol. The molecule has 0 saturated carbocycles. The number of fused-ring (bicyclic) bond motifs is 1. The second kappa shape index (κ2) is 5.68. The second-order valence-electron chi connectivity index (χ2n) is 4.25. The molecule has 0 bridgehead atoms. The number of carbonyl (C=O) groups is 1. The van der Waals surface area contributed by atoms with Crippen molar-refractivity contribution in [2.45, 2.75) is 19.4 Å². The van der Waals surface area contributed by atoms with Crippen molar-refractivity contribution in [3.8, 4) is 6.07 Å². The fraction of sp³-hybridized carbons (Fsp3) is 0.214. The minimum atomic E-state index is -0.247. The Balaban J connectivity index is 2.38. The average Bonchev–Trinajstić information content (AvgIpc) is 2.39. The Morgan fingerprint density at radius 3 is 2.84 bits per heavy atom. The summed E-state index contributed by atoms with van der Waals surface area (Å²) in [5, 5.41) is 13.2. The molecule has 1 amide bonds. The second-order valence-corrected chi connectivity index (χ2v) is 4.60. The number of nitrogens with one attached hydrogen (secondary N) is 1. The predicted molar refractivity (Wildman–Crippen MR) is 73.9 cm³/mol. The Hall–Kier alpha value is -2.12. The number of halogens is 1. The van der Waals surface area contributed by atoms with Crippen LogP contribution in [0, 0.1) is 11.3 Å². The van der Waals surface area contributed by atoms with Crippen molar-refractivity contribution < 1.29 is 4.79 Å². The molecule has 1 aromatic carbocycles. The number of aromatic nitrogens is 1. The number of hydrogen-bond donors (Lipinski definition) is 1. The molecule has 0 aliphatic rings. The fourth-order valence-corrected chi connectivity index (χ4v) is 2.04. The van der Waals surface area contributed by atoms with Crippen LogP contribution in [0.25, 0.3) is 10.8 Å². The molecule has 0 radical (unpaired) electrons. The van der Waals surface area contributed by atoms with E-state index in [0.717, 1.165) is 10.8 Å². The van der Waals surface area contributed by atoms with Crippen LogP contribution in [-0.4, -0.2) is 16.9 Å². The van der Waals surface area contributed by atoms with Gasteiger partial charge in [-0.25, -0.2) is 4.98 Å². The van der Waals surface area contributed by atoms with Crippen LogP contribution in [-0.2, 0) is 0 Å². The third kappa shape index (κ3) is 2.83. The van der Waals surface area contributed by atoms with Gasteiger partial charge in [-0.1, -0.05) is 35.9 Å². The quantitative estimate of drug-likeness (QED) is 0.875. The Morgan fingerprint density at radius 2 is 2.16 bits per heavy atom. The largest absolute Gasteiger partial charge is 0.348 e. The van der Waals surface area contributed by atoms with E-state index in [9.17, 15) is 4.79 Å². The maximum absolute atomic E-state index is 12.2. The first-order valence-corrected chi connectivity index (χ1v) is 6.22. The van der Waals surface area contributed by atoms with Gasteiger partial charge in [0, 0.05) is 17.6 Å². The maximum atomic E-state index is 12.2. The van der Waals surface area contributed by atoms with Gasteiger partial charge in [0.1, 0.15) is 5.15 Å². The van der Waals surface area contributed by atoms with Crippen molar-refractivity contribution in [1.29, 1.82) is 5.26 Å². The molecule has 1 atom stereocenters. The molecule has 4 nitrogen and oxygen atoms in total. The number of benzene rings is 1. The molecular formula is C14H12ClN3O. The number of rotatable bonds is 3. The lowest BCUT2D eigenvalue weighted by molar-refractivity contribution is 0.0942. The number of hydrogen-bond acceptors (Lipinski definition) is 3. The van der Waals surface area contributed by atoms with Gasteiger partial charge in [-0.15, -0.1) is 0 Å². The highest BCUT2D eigenvalue weighted by Crippen LogP contribution is 2.24. The van der Waals surface area contributed by atoms with Gasteiger partial charge >= 0.3 is 0 Å². The SMILES string of the molecule is CC(CC#N)NC(=O)c1cnc(Cl)c2ccccc12. The molecule has 5 heteroatoms. The molecule has 0 fully saturated rings. The average molecular weight is 274 g/mol. The molecule has 0 saturated heterocycles. The first kappa shape index (κ1) is 13.3. The number of nitriles is 1. The zero-order valence-corrected chi connectivity index (χ0v) is 11.1. The topological polar surface area (TPSA) is 65.8 Å². The highest BCUT2D eigenvalue weighted by molar-refractivity contribution is 6.34. The van der Waals surface area contributed by atoms with Gasteiger partial charge in [0.15, 0.2) is 0 Å². The van der Waals surface area contributed by atoms with E-state index < -0.39 is 0 Å². The van der Waals surface area contributed by atoms with Crippen LogP contribution in [0.1, 0.15) is 23.7 Å². The third-order valence-corrected chi connectivity index (χ3v) is 3.07. The summed E-state index contributed by atoms with van der Waals surface area (Å²) in [6.45, 7) is 1.78. The van der Waals surface area contributed by atoms with Gasteiger partial charge in [-0.2, -0.15) is 5.26 Å². The van der Waals surface area contributed by atoms with E-state index in [4.69, 9.17) is 16.9 Å². The van der Waals surface area contributed by atoms with E-state index >= 15 is 0 Å². The molecule has 1 unspecified atom stereocenters. The van der Waals surface area contributed by atoms with Crippen LogP contribution in [0.15, 0.2) is 30.5 Å².